The van der Waals surface area contributed by atoms with Crippen LogP contribution in [0.5, 0.6) is 0 Å². The normalized spacial score (nSPS) is 15.5. The highest BCUT2D eigenvalue weighted by molar-refractivity contribution is 5.43. The number of rotatable bonds is 4. The van der Waals surface area contributed by atoms with Crippen LogP contribution in [-0.2, 0) is 6.54 Å². The van der Waals surface area contributed by atoms with E-state index in [2.05, 4.69) is 24.8 Å². The van der Waals surface area contributed by atoms with Gasteiger partial charge in [0.25, 0.3) is 5.56 Å². The third-order valence-electron chi connectivity index (χ3n) is 4.35. The molecule has 9 nitrogen and oxygen atoms in total. The van der Waals surface area contributed by atoms with E-state index in [0.717, 1.165) is 37.7 Å². The van der Waals surface area contributed by atoms with Gasteiger partial charge in [0.05, 0.1) is 0 Å². The monoisotopic (exact) mass is 345 g/mol. The molecule has 3 rings (SSSR count). The molecule has 1 aliphatic heterocycles. The number of nitrogen functional groups attached to an aromatic ring is 1. The summed E-state index contributed by atoms with van der Waals surface area (Å²) in [6, 6.07) is 3.37. The lowest BCUT2D eigenvalue weighted by molar-refractivity contribution is 0.245. The molecule has 0 atom stereocenters. The Hall–Kier alpha value is -2.68. The van der Waals surface area contributed by atoms with Crippen molar-refractivity contribution in [2.45, 2.75) is 20.4 Å². The average molecular weight is 345 g/mol. The van der Waals surface area contributed by atoms with E-state index >= 15 is 0 Å². The van der Waals surface area contributed by atoms with E-state index in [9.17, 15) is 9.59 Å². The third-order valence-corrected chi connectivity index (χ3v) is 4.35. The fourth-order valence-corrected chi connectivity index (χ4v) is 3.03. The van der Waals surface area contributed by atoms with Gasteiger partial charge in [-0.15, -0.1) is 0 Å². The summed E-state index contributed by atoms with van der Waals surface area (Å²) < 4.78 is 1.24. The number of piperazine rings is 1. The summed E-state index contributed by atoms with van der Waals surface area (Å²) in [5, 5.41) is 0. The Bertz CT molecular complexity index is 814. The molecule has 0 amide bonds. The molecule has 1 aliphatic rings. The second kappa shape index (κ2) is 7.06. The fraction of sp³-hybridized carbons (Fsp3) is 0.500. The lowest BCUT2D eigenvalue weighted by Crippen LogP contribution is -2.48. The molecular weight excluding hydrogens is 322 g/mol. The van der Waals surface area contributed by atoms with Crippen molar-refractivity contribution in [3.8, 4) is 0 Å². The van der Waals surface area contributed by atoms with Crippen LogP contribution in [0, 0.1) is 13.8 Å². The van der Waals surface area contributed by atoms with Crippen LogP contribution >= 0.6 is 0 Å². The molecular formula is C16H23N7O2. The first-order chi connectivity index (χ1) is 11.9. The predicted molar refractivity (Wildman–Crippen MR) is 95.9 cm³/mol. The van der Waals surface area contributed by atoms with Crippen LogP contribution in [0.15, 0.2) is 21.7 Å². The summed E-state index contributed by atoms with van der Waals surface area (Å²) in [6.07, 6.45) is 0. The number of hydrogen-bond donors (Lipinski definition) is 2. The third kappa shape index (κ3) is 4.05. The SMILES string of the molecule is Cc1cc(N2CCN(CCn3c(=O)cc(C)[nH]c3=O)CC2)nc(N)n1. The van der Waals surface area contributed by atoms with Crippen molar-refractivity contribution < 1.29 is 0 Å². The Labute approximate surface area is 145 Å². The number of H-pyrrole nitrogens is 1. The Morgan fingerprint density at radius 1 is 1.08 bits per heavy atom. The highest BCUT2D eigenvalue weighted by Gasteiger charge is 2.19. The minimum absolute atomic E-state index is 0.258. The van der Waals surface area contributed by atoms with Gasteiger partial charge in [0.15, 0.2) is 0 Å². The van der Waals surface area contributed by atoms with Crippen LogP contribution in [-0.4, -0.2) is 57.1 Å². The van der Waals surface area contributed by atoms with Crippen LogP contribution in [0.3, 0.4) is 0 Å². The first kappa shape index (κ1) is 17.2. The number of hydrogen-bond acceptors (Lipinski definition) is 7. The van der Waals surface area contributed by atoms with Gasteiger partial charge in [-0.25, -0.2) is 9.78 Å². The molecule has 9 heteroatoms. The topological polar surface area (TPSA) is 113 Å². The maximum absolute atomic E-state index is 11.9. The molecule has 3 heterocycles. The molecule has 3 N–H and O–H groups in total. The Morgan fingerprint density at radius 2 is 1.80 bits per heavy atom. The molecule has 0 unspecified atom stereocenters. The quantitative estimate of drug-likeness (QED) is 0.757. The van der Waals surface area contributed by atoms with Crippen LogP contribution in [0.4, 0.5) is 11.8 Å². The molecule has 0 radical (unpaired) electrons. The average Bonchev–Trinajstić information content (AvgIpc) is 2.53. The second-order valence-corrected chi connectivity index (χ2v) is 6.30. The zero-order valence-electron chi connectivity index (χ0n) is 14.5. The van der Waals surface area contributed by atoms with Crippen molar-refractivity contribution in [3.05, 3.63) is 44.4 Å². The molecule has 1 saturated heterocycles. The van der Waals surface area contributed by atoms with Crippen molar-refractivity contribution in [2.75, 3.05) is 43.4 Å². The number of nitrogens with one attached hydrogen (secondary N) is 1. The molecule has 1 fully saturated rings. The van der Waals surface area contributed by atoms with Gasteiger partial charge in [-0.1, -0.05) is 0 Å². The maximum Gasteiger partial charge on any atom is 0.328 e. The van der Waals surface area contributed by atoms with Gasteiger partial charge in [-0.2, -0.15) is 4.98 Å². The van der Waals surface area contributed by atoms with Crippen molar-refractivity contribution >= 4 is 11.8 Å². The van der Waals surface area contributed by atoms with E-state index in [0.29, 0.717) is 18.8 Å². The van der Waals surface area contributed by atoms with Crippen molar-refractivity contribution in [1.29, 1.82) is 0 Å². The van der Waals surface area contributed by atoms with E-state index in [1.165, 1.54) is 10.6 Å². The first-order valence-electron chi connectivity index (χ1n) is 8.31. The largest absolute Gasteiger partial charge is 0.368 e. The number of aromatic nitrogens is 4. The van der Waals surface area contributed by atoms with Gasteiger partial charge in [0.1, 0.15) is 5.82 Å². The van der Waals surface area contributed by atoms with Gasteiger partial charge in [-0.05, 0) is 13.8 Å². The molecule has 25 heavy (non-hydrogen) atoms. The highest BCUT2D eigenvalue weighted by atomic mass is 16.2. The molecule has 2 aromatic rings. The predicted octanol–water partition coefficient (Wildman–Crippen LogP) is -0.652. The Morgan fingerprint density at radius 3 is 2.44 bits per heavy atom. The highest BCUT2D eigenvalue weighted by Crippen LogP contribution is 2.15. The molecule has 0 spiro atoms. The van der Waals surface area contributed by atoms with Gasteiger partial charge in [0.2, 0.25) is 5.95 Å². The van der Waals surface area contributed by atoms with Gasteiger partial charge in [0, 0.05) is 62.8 Å². The smallest absolute Gasteiger partial charge is 0.328 e. The molecule has 0 aliphatic carbocycles. The summed E-state index contributed by atoms with van der Waals surface area (Å²) in [5.41, 5.74) is 6.54. The second-order valence-electron chi connectivity index (χ2n) is 6.30. The lowest BCUT2D eigenvalue weighted by Gasteiger charge is -2.35. The minimum Gasteiger partial charge on any atom is -0.368 e. The zero-order valence-corrected chi connectivity index (χ0v) is 14.5. The van der Waals surface area contributed by atoms with E-state index in [4.69, 9.17) is 5.73 Å². The summed E-state index contributed by atoms with van der Waals surface area (Å²) >= 11 is 0. The molecule has 0 saturated carbocycles. The minimum atomic E-state index is -0.351. The summed E-state index contributed by atoms with van der Waals surface area (Å²) in [5.74, 6) is 1.13. The fourth-order valence-electron chi connectivity index (χ4n) is 3.03. The Kier molecular flexibility index (Phi) is 4.84. The molecule has 2 aromatic heterocycles. The Balaban J connectivity index is 1.58. The molecule has 134 valence electrons. The first-order valence-corrected chi connectivity index (χ1v) is 8.31. The standard InChI is InChI=1S/C16H23N7O2/c1-11-9-13(20-15(17)18-11)22-6-3-21(4-7-22)5-8-23-14(24)10-12(2)19-16(23)25/h9-10H,3-8H2,1-2H3,(H,19,25)(H2,17,18,20). The van der Waals surface area contributed by atoms with Crippen LogP contribution in [0.25, 0.3) is 0 Å². The summed E-state index contributed by atoms with van der Waals surface area (Å²) in [7, 11) is 0. The zero-order chi connectivity index (χ0) is 18.0. The molecule has 0 bridgehead atoms. The van der Waals surface area contributed by atoms with Gasteiger partial charge >= 0.3 is 5.69 Å². The number of nitrogens with zero attached hydrogens (tertiary/aromatic N) is 5. The number of nitrogens with two attached hydrogens (primary N) is 1. The number of aryl methyl sites for hydroxylation is 2. The number of anilines is 2. The summed E-state index contributed by atoms with van der Waals surface area (Å²) in [4.78, 5) is 39.3. The molecule has 0 aromatic carbocycles. The van der Waals surface area contributed by atoms with E-state index < -0.39 is 0 Å². The maximum atomic E-state index is 11.9. The van der Waals surface area contributed by atoms with E-state index in [-0.39, 0.29) is 17.2 Å². The van der Waals surface area contributed by atoms with Crippen molar-refractivity contribution in [3.63, 3.8) is 0 Å². The van der Waals surface area contributed by atoms with E-state index in [1.54, 1.807) is 6.92 Å². The van der Waals surface area contributed by atoms with Gasteiger partial charge < -0.3 is 15.6 Å². The number of aromatic amines is 1. The van der Waals surface area contributed by atoms with Crippen LogP contribution in [0.1, 0.15) is 11.4 Å². The summed E-state index contributed by atoms with van der Waals surface area (Å²) in [6.45, 7) is 7.94. The van der Waals surface area contributed by atoms with E-state index in [1.807, 2.05) is 13.0 Å². The lowest BCUT2D eigenvalue weighted by atomic mass is 10.3. The van der Waals surface area contributed by atoms with Crippen LogP contribution < -0.4 is 21.9 Å². The van der Waals surface area contributed by atoms with Gasteiger partial charge in [-0.3, -0.25) is 14.3 Å². The van der Waals surface area contributed by atoms with Crippen molar-refractivity contribution in [2.24, 2.45) is 0 Å². The van der Waals surface area contributed by atoms with Crippen molar-refractivity contribution in [1.82, 2.24) is 24.4 Å². The van der Waals surface area contributed by atoms with Crippen LogP contribution in [0.2, 0.25) is 0 Å².